The number of benzene rings is 1. The first-order valence-electron chi connectivity index (χ1n) is 10.3. The maximum Gasteiger partial charge on any atom is 0.262 e. The van der Waals surface area contributed by atoms with Crippen molar-refractivity contribution < 1.29 is 9.53 Å². The molecule has 0 spiro atoms. The second-order valence-corrected chi connectivity index (χ2v) is 8.69. The molecule has 150 valence electrons. The summed E-state index contributed by atoms with van der Waals surface area (Å²) in [5.74, 6) is 2.29. The third kappa shape index (κ3) is 3.13. The zero-order chi connectivity index (χ0) is 20.0. The van der Waals surface area contributed by atoms with Crippen molar-refractivity contribution in [2.24, 2.45) is 0 Å². The fourth-order valence-corrected chi connectivity index (χ4v) is 5.51. The van der Waals surface area contributed by atoms with Gasteiger partial charge in [0.2, 0.25) is 0 Å². The van der Waals surface area contributed by atoms with Crippen molar-refractivity contribution in [1.29, 1.82) is 0 Å². The summed E-state index contributed by atoms with van der Waals surface area (Å²) in [6, 6.07) is 7.89. The molecule has 1 N–H and O–H groups in total. The minimum Gasteiger partial charge on any atom is -0.477 e. The molecular weight excluding hydrogens is 384 g/mol. The van der Waals surface area contributed by atoms with Crippen LogP contribution in [0, 0.1) is 6.92 Å². The molecule has 1 aliphatic heterocycles. The molecule has 0 saturated carbocycles. The lowest BCUT2D eigenvalue weighted by molar-refractivity contribution is -0.127. The zero-order valence-electron chi connectivity index (χ0n) is 16.7. The first-order valence-corrected chi connectivity index (χ1v) is 11.1. The molecule has 29 heavy (non-hydrogen) atoms. The van der Waals surface area contributed by atoms with E-state index in [1.165, 1.54) is 16.9 Å². The lowest BCUT2D eigenvalue weighted by Crippen LogP contribution is -2.48. The Balaban J connectivity index is 1.64. The number of hydrogen-bond acceptors (Lipinski definition) is 6. The predicted molar refractivity (Wildman–Crippen MR) is 115 cm³/mol. The van der Waals surface area contributed by atoms with Gasteiger partial charge >= 0.3 is 0 Å². The van der Waals surface area contributed by atoms with E-state index in [4.69, 9.17) is 14.7 Å². The number of hydrogen-bond donors (Lipinski definition) is 1. The van der Waals surface area contributed by atoms with Gasteiger partial charge in [-0.25, -0.2) is 9.97 Å². The van der Waals surface area contributed by atoms with Crippen molar-refractivity contribution in [3.8, 4) is 5.75 Å². The molecule has 0 saturated heterocycles. The second-order valence-electron chi connectivity index (χ2n) is 7.61. The maximum absolute atomic E-state index is 12.7. The van der Waals surface area contributed by atoms with Crippen LogP contribution in [0.15, 0.2) is 24.3 Å². The van der Waals surface area contributed by atoms with E-state index in [0.717, 1.165) is 46.8 Å². The van der Waals surface area contributed by atoms with Crippen LogP contribution in [0.4, 0.5) is 11.5 Å². The van der Waals surface area contributed by atoms with E-state index < -0.39 is 6.10 Å². The van der Waals surface area contributed by atoms with Crippen LogP contribution >= 0.6 is 11.3 Å². The Morgan fingerprint density at radius 1 is 1.31 bits per heavy atom. The van der Waals surface area contributed by atoms with E-state index in [9.17, 15) is 4.79 Å². The molecule has 3 aromatic rings. The van der Waals surface area contributed by atoms with Gasteiger partial charge in [0, 0.05) is 11.4 Å². The van der Waals surface area contributed by atoms with Crippen LogP contribution in [0.25, 0.3) is 10.2 Å². The van der Waals surface area contributed by atoms with Gasteiger partial charge in [0.25, 0.3) is 5.91 Å². The lowest BCUT2D eigenvalue weighted by atomic mass is 10.1. The number of thiophene rings is 1. The fourth-order valence-electron chi connectivity index (χ4n) is 4.21. The number of aromatic nitrogens is 2. The van der Waals surface area contributed by atoms with Crippen molar-refractivity contribution in [3.63, 3.8) is 0 Å². The molecule has 2 aromatic heterocycles. The number of fused-ring (bicyclic) bond motifs is 4. The third-order valence-electron chi connectivity index (χ3n) is 5.53. The van der Waals surface area contributed by atoms with Crippen LogP contribution in [-0.4, -0.2) is 35.1 Å². The molecule has 0 fully saturated rings. The van der Waals surface area contributed by atoms with Crippen molar-refractivity contribution in [3.05, 3.63) is 40.5 Å². The van der Waals surface area contributed by atoms with E-state index in [1.807, 2.05) is 38.1 Å². The number of carbonyl (C=O) groups is 1. The van der Waals surface area contributed by atoms with E-state index in [2.05, 4.69) is 10.2 Å². The summed E-state index contributed by atoms with van der Waals surface area (Å²) in [4.78, 5) is 26.9. The predicted octanol–water partition coefficient (Wildman–Crippen LogP) is 3.91. The molecule has 0 unspecified atom stereocenters. The van der Waals surface area contributed by atoms with Crippen molar-refractivity contribution in [2.75, 3.05) is 18.0 Å². The Kier molecular flexibility index (Phi) is 4.62. The third-order valence-corrected chi connectivity index (χ3v) is 6.71. The SMILES string of the molecule is CCCNC(=O)[C@H]1CN(c2nc(C)nc3sc4c(c23)CCC4)c2ccccc2O1. The van der Waals surface area contributed by atoms with Gasteiger partial charge in [-0.05, 0) is 50.3 Å². The summed E-state index contributed by atoms with van der Waals surface area (Å²) < 4.78 is 6.06. The van der Waals surface area contributed by atoms with Gasteiger partial charge < -0.3 is 15.0 Å². The Morgan fingerprint density at radius 3 is 3.03 bits per heavy atom. The topological polar surface area (TPSA) is 67.4 Å². The summed E-state index contributed by atoms with van der Waals surface area (Å²) >= 11 is 1.79. The highest BCUT2D eigenvalue weighted by atomic mass is 32.1. The molecule has 1 aliphatic carbocycles. The van der Waals surface area contributed by atoms with Crippen LogP contribution in [0.5, 0.6) is 5.75 Å². The fraction of sp³-hybridized carbons (Fsp3) is 0.409. The van der Waals surface area contributed by atoms with E-state index in [0.29, 0.717) is 18.8 Å². The number of rotatable bonds is 4. The molecular formula is C22H24N4O2S. The number of aryl methyl sites for hydroxylation is 3. The number of para-hydroxylation sites is 2. The van der Waals surface area contributed by atoms with Crippen LogP contribution in [0.1, 0.15) is 36.0 Å². The Bertz CT molecular complexity index is 1090. The standard InChI is InChI=1S/C22H24N4O2S/c1-3-11-23-21(27)17-12-26(15-8-4-5-9-16(15)28-17)20-19-14-7-6-10-18(14)29-22(19)25-13(2)24-20/h4-5,8-9,17H,3,6-7,10-12H2,1-2H3,(H,23,27)/t17-/m1/s1. The van der Waals surface area contributed by atoms with Crippen molar-refractivity contribution >= 4 is 39.0 Å². The van der Waals surface area contributed by atoms with Crippen LogP contribution in [0.3, 0.4) is 0 Å². The number of ether oxygens (including phenoxy) is 1. The van der Waals surface area contributed by atoms with Gasteiger partial charge in [0.15, 0.2) is 6.10 Å². The molecule has 1 atom stereocenters. The largest absolute Gasteiger partial charge is 0.477 e. The van der Waals surface area contributed by atoms with E-state index in [1.54, 1.807) is 11.3 Å². The van der Waals surface area contributed by atoms with Gasteiger partial charge in [-0.15, -0.1) is 11.3 Å². The highest BCUT2D eigenvalue weighted by Crippen LogP contribution is 2.45. The normalized spacial score (nSPS) is 17.7. The summed E-state index contributed by atoms with van der Waals surface area (Å²) in [7, 11) is 0. The summed E-state index contributed by atoms with van der Waals surface area (Å²) in [6.07, 6.45) is 3.70. The van der Waals surface area contributed by atoms with E-state index in [-0.39, 0.29) is 5.91 Å². The smallest absolute Gasteiger partial charge is 0.262 e. The number of nitrogens with zero attached hydrogens (tertiary/aromatic N) is 3. The Morgan fingerprint density at radius 2 is 2.17 bits per heavy atom. The average Bonchev–Trinajstić information content (AvgIpc) is 3.31. The Labute approximate surface area is 173 Å². The molecule has 3 heterocycles. The van der Waals surface area contributed by atoms with Crippen molar-refractivity contribution in [1.82, 2.24) is 15.3 Å². The van der Waals surface area contributed by atoms with Gasteiger partial charge in [-0.3, -0.25) is 4.79 Å². The average molecular weight is 409 g/mol. The minimum absolute atomic E-state index is 0.0797. The first-order chi connectivity index (χ1) is 14.2. The molecule has 0 bridgehead atoms. The number of carbonyl (C=O) groups excluding carboxylic acids is 1. The van der Waals surface area contributed by atoms with Crippen LogP contribution in [-0.2, 0) is 17.6 Å². The number of amides is 1. The van der Waals surface area contributed by atoms with Gasteiger partial charge in [0.05, 0.1) is 17.6 Å². The molecule has 6 nitrogen and oxygen atoms in total. The van der Waals surface area contributed by atoms with Crippen LogP contribution < -0.4 is 15.0 Å². The highest BCUT2D eigenvalue weighted by Gasteiger charge is 2.34. The maximum atomic E-state index is 12.7. The first kappa shape index (κ1) is 18.4. The second kappa shape index (κ2) is 7.30. The highest BCUT2D eigenvalue weighted by molar-refractivity contribution is 7.19. The molecule has 2 aliphatic rings. The van der Waals surface area contributed by atoms with Gasteiger partial charge in [0.1, 0.15) is 22.2 Å². The monoisotopic (exact) mass is 408 g/mol. The lowest BCUT2D eigenvalue weighted by Gasteiger charge is -2.35. The summed E-state index contributed by atoms with van der Waals surface area (Å²) in [5, 5.41) is 4.12. The molecule has 5 rings (SSSR count). The molecule has 1 aromatic carbocycles. The number of nitrogens with one attached hydrogen (secondary N) is 1. The van der Waals surface area contributed by atoms with E-state index >= 15 is 0 Å². The quantitative estimate of drug-likeness (QED) is 0.709. The minimum atomic E-state index is -0.576. The van der Waals surface area contributed by atoms with Gasteiger partial charge in [-0.2, -0.15) is 0 Å². The summed E-state index contributed by atoms with van der Waals surface area (Å²) in [6.45, 7) is 5.06. The zero-order valence-corrected chi connectivity index (χ0v) is 17.5. The number of anilines is 2. The Hall–Kier alpha value is -2.67. The summed E-state index contributed by atoms with van der Waals surface area (Å²) in [5.41, 5.74) is 2.33. The molecule has 7 heteroatoms. The molecule has 1 amide bonds. The van der Waals surface area contributed by atoms with Gasteiger partial charge in [-0.1, -0.05) is 19.1 Å². The molecule has 0 radical (unpaired) electrons. The van der Waals surface area contributed by atoms with Crippen molar-refractivity contribution in [2.45, 2.75) is 45.6 Å². The van der Waals surface area contributed by atoms with Crippen LogP contribution in [0.2, 0.25) is 0 Å².